The number of piperidine rings is 1. The van der Waals surface area contributed by atoms with Crippen LogP contribution in [0.15, 0.2) is 24.3 Å². The number of halogens is 1. The van der Waals surface area contributed by atoms with Crippen molar-refractivity contribution in [1.29, 1.82) is 0 Å². The van der Waals surface area contributed by atoms with Crippen LogP contribution in [0.5, 0.6) is 0 Å². The van der Waals surface area contributed by atoms with Gasteiger partial charge in [-0.25, -0.2) is 4.98 Å². The molecule has 3 heterocycles. The van der Waals surface area contributed by atoms with Gasteiger partial charge in [0.25, 0.3) is 0 Å². The molecule has 0 amide bonds. The number of aryl methyl sites for hydroxylation is 1. The van der Waals surface area contributed by atoms with E-state index in [1.165, 1.54) is 24.8 Å². The molecule has 4 nitrogen and oxygen atoms in total. The zero-order valence-electron chi connectivity index (χ0n) is 14.8. The van der Waals surface area contributed by atoms with E-state index in [0.717, 1.165) is 49.3 Å². The van der Waals surface area contributed by atoms with Crippen molar-refractivity contribution in [2.75, 3.05) is 37.6 Å². The second-order valence-electron chi connectivity index (χ2n) is 7.69. The second kappa shape index (κ2) is 6.75. The molecule has 0 spiro atoms. The fraction of sp³-hybridized carbons (Fsp3) is 0.550. The summed E-state index contributed by atoms with van der Waals surface area (Å²) in [6.45, 7) is 6.63. The fourth-order valence-electron chi connectivity index (χ4n) is 4.23. The van der Waals surface area contributed by atoms with E-state index in [1.54, 1.807) is 0 Å². The van der Waals surface area contributed by atoms with E-state index in [4.69, 9.17) is 16.6 Å². The van der Waals surface area contributed by atoms with Crippen LogP contribution in [0.25, 0.3) is 10.9 Å². The number of likely N-dealkylation sites (tertiary alicyclic amines) is 1. The van der Waals surface area contributed by atoms with Crippen molar-refractivity contribution in [3.8, 4) is 0 Å². The number of pyridine rings is 1. The first-order valence-corrected chi connectivity index (χ1v) is 9.67. The Kier molecular flexibility index (Phi) is 4.61. The van der Waals surface area contributed by atoms with Crippen molar-refractivity contribution < 1.29 is 5.11 Å². The summed E-state index contributed by atoms with van der Waals surface area (Å²) in [4.78, 5) is 9.45. The molecule has 2 saturated heterocycles. The Morgan fingerprint density at radius 2 is 1.96 bits per heavy atom. The minimum atomic E-state index is -0.629. The van der Waals surface area contributed by atoms with E-state index in [0.29, 0.717) is 11.6 Å². The Balaban J connectivity index is 1.53. The van der Waals surface area contributed by atoms with E-state index < -0.39 is 5.60 Å². The molecule has 2 fully saturated rings. The van der Waals surface area contributed by atoms with Gasteiger partial charge in [0.2, 0.25) is 0 Å². The second-order valence-corrected chi connectivity index (χ2v) is 8.13. The van der Waals surface area contributed by atoms with Gasteiger partial charge in [0.1, 0.15) is 5.82 Å². The molecule has 1 atom stereocenters. The number of fused-ring (bicyclic) bond motifs is 1. The maximum absolute atomic E-state index is 11.1. The summed E-state index contributed by atoms with van der Waals surface area (Å²) in [5.74, 6) is 0.946. The van der Waals surface area contributed by atoms with Crippen molar-refractivity contribution in [3.05, 3.63) is 34.9 Å². The Morgan fingerprint density at radius 3 is 2.76 bits per heavy atom. The van der Waals surface area contributed by atoms with Crippen molar-refractivity contribution in [2.24, 2.45) is 0 Å². The molecule has 0 bridgehead atoms. The van der Waals surface area contributed by atoms with Crippen LogP contribution in [0.3, 0.4) is 0 Å². The molecule has 2 aliphatic rings. The molecule has 25 heavy (non-hydrogen) atoms. The molecule has 1 aromatic carbocycles. The predicted octanol–water partition coefficient (Wildman–Crippen LogP) is 3.62. The molecule has 1 N–H and O–H groups in total. The summed E-state index contributed by atoms with van der Waals surface area (Å²) < 4.78 is 0. The standard InChI is InChI=1S/C20H26ClN3O/c1-15-11-19(22-18-12-16(21)5-6-17(15)18)24-10-7-20(25,14-24)13-23-8-3-2-4-9-23/h5-6,11-12,25H,2-4,7-10,13-14H2,1H3/t20-/m0/s1. The van der Waals surface area contributed by atoms with Crippen molar-refractivity contribution in [1.82, 2.24) is 9.88 Å². The molecule has 2 aliphatic heterocycles. The van der Waals surface area contributed by atoms with Gasteiger partial charge in [-0.2, -0.15) is 0 Å². The average molecular weight is 360 g/mol. The lowest BCUT2D eigenvalue weighted by atomic mass is 10.0. The normalized spacial score (nSPS) is 25.0. The van der Waals surface area contributed by atoms with Crippen LogP contribution in [0.4, 0.5) is 5.82 Å². The number of hydrogen-bond acceptors (Lipinski definition) is 4. The highest BCUT2D eigenvalue weighted by Crippen LogP contribution is 2.30. The Labute approximate surface area is 154 Å². The van der Waals surface area contributed by atoms with Gasteiger partial charge in [0, 0.05) is 30.0 Å². The Hall–Kier alpha value is -1.36. The molecule has 1 aromatic heterocycles. The van der Waals surface area contributed by atoms with Crippen molar-refractivity contribution >= 4 is 28.3 Å². The molecular formula is C20H26ClN3O. The quantitative estimate of drug-likeness (QED) is 0.908. The van der Waals surface area contributed by atoms with Gasteiger partial charge in [-0.05, 0) is 63.0 Å². The van der Waals surface area contributed by atoms with Gasteiger partial charge in [0.05, 0.1) is 11.1 Å². The van der Waals surface area contributed by atoms with Crippen LogP contribution in [0, 0.1) is 6.92 Å². The van der Waals surface area contributed by atoms with Gasteiger partial charge >= 0.3 is 0 Å². The monoisotopic (exact) mass is 359 g/mol. The molecular weight excluding hydrogens is 334 g/mol. The number of rotatable bonds is 3. The lowest BCUT2D eigenvalue weighted by Gasteiger charge is -2.33. The number of aromatic nitrogens is 1. The summed E-state index contributed by atoms with van der Waals surface area (Å²) in [6.07, 6.45) is 4.64. The van der Waals surface area contributed by atoms with Gasteiger partial charge < -0.3 is 14.9 Å². The van der Waals surface area contributed by atoms with E-state index in [9.17, 15) is 5.11 Å². The average Bonchev–Trinajstić information content (AvgIpc) is 2.97. The summed E-state index contributed by atoms with van der Waals surface area (Å²) in [5, 5.41) is 12.9. The van der Waals surface area contributed by atoms with Crippen LogP contribution in [0.1, 0.15) is 31.2 Å². The highest BCUT2D eigenvalue weighted by molar-refractivity contribution is 6.31. The number of aliphatic hydroxyl groups is 1. The van der Waals surface area contributed by atoms with E-state index in [-0.39, 0.29) is 0 Å². The molecule has 0 saturated carbocycles. The minimum Gasteiger partial charge on any atom is -0.387 e. The summed E-state index contributed by atoms with van der Waals surface area (Å²) in [6, 6.07) is 7.98. The van der Waals surface area contributed by atoms with Crippen LogP contribution in [0.2, 0.25) is 5.02 Å². The highest BCUT2D eigenvalue weighted by atomic mass is 35.5. The van der Waals surface area contributed by atoms with Crippen molar-refractivity contribution in [3.63, 3.8) is 0 Å². The molecule has 0 radical (unpaired) electrons. The predicted molar refractivity (Wildman–Crippen MR) is 104 cm³/mol. The van der Waals surface area contributed by atoms with E-state index in [1.807, 2.05) is 18.2 Å². The topological polar surface area (TPSA) is 39.6 Å². The van der Waals surface area contributed by atoms with Crippen LogP contribution < -0.4 is 4.90 Å². The largest absolute Gasteiger partial charge is 0.387 e. The number of benzene rings is 1. The zero-order valence-corrected chi connectivity index (χ0v) is 15.6. The number of anilines is 1. The van der Waals surface area contributed by atoms with E-state index >= 15 is 0 Å². The number of hydrogen-bond donors (Lipinski definition) is 1. The molecule has 4 rings (SSSR count). The summed E-state index contributed by atoms with van der Waals surface area (Å²) in [5.41, 5.74) is 1.49. The van der Waals surface area contributed by atoms with Crippen LogP contribution in [-0.4, -0.2) is 53.3 Å². The molecule has 0 unspecified atom stereocenters. The van der Waals surface area contributed by atoms with Gasteiger partial charge in [-0.15, -0.1) is 0 Å². The maximum Gasteiger partial charge on any atom is 0.129 e. The lowest BCUT2D eigenvalue weighted by molar-refractivity contribution is 0.0169. The van der Waals surface area contributed by atoms with Crippen LogP contribution >= 0.6 is 11.6 Å². The Bertz CT molecular complexity index is 775. The first kappa shape index (κ1) is 17.1. The van der Waals surface area contributed by atoms with Gasteiger partial charge in [0.15, 0.2) is 0 Å². The lowest BCUT2D eigenvalue weighted by Crippen LogP contribution is -2.46. The third-order valence-corrected chi connectivity index (χ3v) is 5.82. The van der Waals surface area contributed by atoms with Crippen molar-refractivity contribution in [2.45, 2.75) is 38.2 Å². The SMILES string of the molecule is Cc1cc(N2CC[C@](O)(CN3CCCCC3)C2)nc2cc(Cl)ccc12. The highest BCUT2D eigenvalue weighted by Gasteiger charge is 2.38. The zero-order chi connectivity index (χ0) is 17.4. The number of β-amino-alcohol motifs (C(OH)–C–C–N with tert-alkyl or cyclic N) is 1. The van der Waals surface area contributed by atoms with E-state index in [2.05, 4.69) is 22.8 Å². The molecule has 5 heteroatoms. The van der Waals surface area contributed by atoms with Gasteiger partial charge in [-0.3, -0.25) is 0 Å². The summed E-state index contributed by atoms with van der Waals surface area (Å²) >= 11 is 6.14. The third-order valence-electron chi connectivity index (χ3n) is 5.59. The first-order valence-electron chi connectivity index (χ1n) is 9.29. The maximum atomic E-state index is 11.1. The van der Waals surface area contributed by atoms with Crippen LogP contribution in [-0.2, 0) is 0 Å². The molecule has 2 aromatic rings. The summed E-state index contributed by atoms with van der Waals surface area (Å²) in [7, 11) is 0. The molecule has 0 aliphatic carbocycles. The number of nitrogens with zero attached hydrogens (tertiary/aromatic N) is 3. The minimum absolute atomic E-state index is 0.629. The third kappa shape index (κ3) is 3.62. The smallest absolute Gasteiger partial charge is 0.129 e. The van der Waals surface area contributed by atoms with Gasteiger partial charge in [-0.1, -0.05) is 24.1 Å². The molecule has 134 valence electrons. The Morgan fingerprint density at radius 1 is 1.16 bits per heavy atom. The first-order chi connectivity index (χ1) is 12.0. The fourth-order valence-corrected chi connectivity index (χ4v) is 4.40.